The first-order chi connectivity index (χ1) is 11.8. The highest BCUT2D eigenvalue weighted by Crippen LogP contribution is 2.22. The third-order valence-corrected chi connectivity index (χ3v) is 3.74. The average molecular weight is 363 g/mol. The molecule has 0 atom stereocenters. The molecule has 4 nitrogen and oxygen atoms in total. The monoisotopic (exact) mass is 362 g/mol. The van der Waals surface area contributed by atoms with Crippen molar-refractivity contribution < 1.29 is 0 Å². The number of nitrogens with one attached hydrogen (secondary N) is 1. The Morgan fingerprint density at radius 2 is 1.79 bits per heavy atom. The lowest BCUT2D eigenvalue weighted by molar-refractivity contribution is 1.21. The molecule has 3 aromatic rings. The number of hydrogen-bond donors (Lipinski definition) is 1. The third-order valence-electron chi connectivity index (χ3n) is 2.64. The standard InChI is InChI=1S/C14H11ClN4S.2C2H6/c15-8-10-4-5-12(17-9-10)19-13-3-1-2-11(18-13)14-16-6-7-20-14;2*1-2/h1-7,9H,8H2,(H,17,18,19);2*1-2H3. The molecular weight excluding hydrogens is 340 g/mol. The molecule has 0 aromatic carbocycles. The minimum atomic E-state index is 0.463. The van der Waals surface area contributed by atoms with Crippen LogP contribution in [0, 0.1) is 0 Å². The van der Waals surface area contributed by atoms with Gasteiger partial charge < -0.3 is 5.32 Å². The Labute approximate surface area is 153 Å². The summed E-state index contributed by atoms with van der Waals surface area (Å²) in [5.41, 5.74) is 1.84. The van der Waals surface area contributed by atoms with Crippen LogP contribution in [0.4, 0.5) is 11.6 Å². The number of alkyl halides is 1. The Balaban J connectivity index is 0.000000671. The SMILES string of the molecule is CC.CC.ClCc1ccc(Nc2cccc(-c3nccs3)n2)nc1. The predicted octanol–water partition coefficient (Wildman–Crippen LogP) is 6.13. The highest BCUT2D eigenvalue weighted by Gasteiger charge is 2.04. The van der Waals surface area contributed by atoms with Crippen molar-refractivity contribution in [1.29, 1.82) is 0 Å². The summed E-state index contributed by atoms with van der Waals surface area (Å²) in [5, 5.41) is 6.01. The molecule has 0 spiro atoms. The number of thiazole rings is 1. The van der Waals surface area contributed by atoms with E-state index in [1.54, 1.807) is 23.7 Å². The van der Waals surface area contributed by atoms with E-state index >= 15 is 0 Å². The summed E-state index contributed by atoms with van der Waals surface area (Å²) in [4.78, 5) is 13.1. The molecule has 1 N–H and O–H groups in total. The highest BCUT2D eigenvalue weighted by molar-refractivity contribution is 7.13. The maximum absolute atomic E-state index is 5.74. The number of anilines is 2. The van der Waals surface area contributed by atoms with Gasteiger partial charge >= 0.3 is 0 Å². The van der Waals surface area contributed by atoms with Crippen molar-refractivity contribution in [3.63, 3.8) is 0 Å². The Bertz CT molecular complexity index is 685. The van der Waals surface area contributed by atoms with Crippen LogP contribution in [0.1, 0.15) is 33.3 Å². The van der Waals surface area contributed by atoms with Crippen molar-refractivity contribution in [3.05, 3.63) is 53.7 Å². The Morgan fingerprint density at radius 1 is 1.00 bits per heavy atom. The second-order valence-corrected chi connectivity index (χ2v) is 5.22. The molecule has 0 aliphatic rings. The van der Waals surface area contributed by atoms with Crippen molar-refractivity contribution in [3.8, 4) is 10.7 Å². The summed E-state index contributed by atoms with van der Waals surface area (Å²) in [6.07, 6.45) is 3.52. The second kappa shape index (κ2) is 11.5. The summed E-state index contributed by atoms with van der Waals surface area (Å²) in [5.74, 6) is 1.94. The zero-order valence-corrected chi connectivity index (χ0v) is 16.0. The molecule has 0 aliphatic heterocycles. The second-order valence-electron chi connectivity index (χ2n) is 4.06. The minimum absolute atomic E-state index is 0.463. The zero-order valence-electron chi connectivity index (χ0n) is 14.5. The van der Waals surface area contributed by atoms with Gasteiger partial charge in [-0.15, -0.1) is 22.9 Å². The van der Waals surface area contributed by atoms with Gasteiger partial charge in [0.15, 0.2) is 0 Å². The molecule has 0 unspecified atom stereocenters. The largest absolute Gasteiger partial charge is 0.325 e. The molecule has 0 saturated heterocycles. The van der Waals surface area contributed by atoms with Crippen LogP contribution >= 0.6 is 22.9 Å². The fraction of sp³-hybridized carbons (Fsp3) is 0.278. The van der Waals surface area contributed by atoms with Crippen LogP contribution in [0.15, 0.2) is 48.1 Å². The first-order valence-corrected chi connectivity index (χ1v) is 9.41. The molecule has 6 heteroatoms. The topological polar surface area (TPSA) is 50.7 Å². The van der Waals surface area contributed by atoms with Crippen LogP contribution in [0.25, 0.3) is 10.7 Å². The summed E-state index contributed by atoms with van der Waals surface area (Å²) in [6, 6.07) is 9.60. The number of pyridine rings is 2. The molecule has 0 bridgehead atoms. The maximum Gasteiger partial charge on any atom is 0.141 e. The Hall–Kier alpha value is -1.98. The molecular formula is C18H23ClN4S. The van der Waals surface area contributed by atoms with Gasteiger partial charge in [0.05, 0.1) is 0 Å². The van der Waals surface area contributed by atoms with Gasteiger partial charge in [0.2, 0.25) is 0 Å². The molecule has 0 fully saturated rings. The fourth-order valence-corrected chi connectivity index (χ4v) is 2.45. The Morgan fingerprint density at radius 3 is 2.38 bits per heavy atom. The average Bonchev–Trinajstić information content (AvgIpc) is 3.21. The number of nitrogens with zero attached hydrogens (tertiary/aromatic N) is 3. The molecule has 128 valence electrons. The van der Waals surface area contributed by atoms with Gasteiger partial charge in [0, 0.05) is 23.7 Å². The maximum atomic E-state index is 5.74. The van der Waals surface area contributed by atoms with Gasteiger partial charge in [0.25, 0.3) is 0 Å². The lowest BCUT2D eigenvalue weighted by Gasteiger charge is -2.06. The van der Waals surface area contributed by atoms with Crippen LogP contribution in [-0.4, -0.2) is 15.0 Å². The summed E-state index contributed by atoms with van der Waals surface area (Å²) in [6.45, 7) is 8.00. The molecule has 3 rings (SSSR count). The summed E-state index contributed by atoms with van der Waals surface area (Å²) >= 11 is 7.30. The van der Waals surface area contributed by atoms with Crippen molar-refractivity contribution >= 4 is 34.6 Å². The lowest BCUT2D eigenvalue weighted by Crippen LogP contribution is -1.97. The predicted molar refractivity (Wildman–Crippen MR) is 105 cm³/mol. The van der Waals surface area contributed by atoms with Gasteiger partial charge in [-0.2, -0.15) is 0 Å². The highest BCUT2D eigenvalue weighted by atomic mass is 35.5. The summed E-state index contributed by atoms with van der Waals surface area (Å²) < 4.78 is 0. The van der Waals surface area contributed by atoms with E-state index in [4.69, 9.17) is 11.6 Å². The van der Waals surface area contributed by atoms with Crippen LogP contribution in [0.2, 0.25) is 0 Å². The van der Waals surface area contributed by atoms with Crippen LogP contribution in [0.3, 0.4) is 0 Å². The minimum Gasteiger partial charge on any atom is -0.325 e. The normalized spacial score (nSPS) is 9.21. The van der Waals surface area contributed by atoms with E-state index < -0.39 is 0 Å². The van der Waals surface area contributed by atoms with E-state index in [2.05, 4.69) is 20.3 Å². The van der Waals surface area contributed by atoms with Gasteiger partial charge in [-0.05, 0) is 23.8 Å². The number of hydrogen-bond acceptors (Lipinski definition) is 5. The first kappa shape index (κ1) is 20.1. The van der Waals surface area contributed by atoms with E-state index in [-0.39, 0.29) is 0 Å². The third kappa shape index (κ3) is 5.91. The smallest absolute Gasteiger partial charge is 0.141 e. The molecule has 3 aromatic heterocycles. The van der Waals surface area contributed by atoms with Gasteiger partial charge in [-0.1, -0.05) is 39.8 Å². The molecule has 0 saturated carbocycles. The fourth-order valence-electron chi connectivity index (χ4n) is 1.68. The van der Waals surface area contributed by atoms with E-state index in [1.807, 2.05) is 63.4 Å². The quantitative estimate of drug-likeness (QED) is 0.566. The van der Waals surface area contributed by atoms with E-state index in [9.17, 15) is 0 Å². The zero-order chi connectivity index (χ0) is 17.8. The van der Waals surface area contributed by atoms with Crippen LogP contribution in [-0.2, 0) is 5.88 Å². The molecule has 0 amide bonds. The van der Waals surface area contributed by atoms with E-state index in [0.717, 1.165) is 27.9 Å². The molecule has 0 radical (unpaired) electrons. The summed E-state index contributed by atoms with van der Waals surface area (Å²) in [7, 11) is 0. The van der Waals surface area contributed by atoms with E-state index in [1.165, 1.54) is 0 Å². The number of halogens is 1. The van der Waals surface area contributed by atoms with Gasteiger partial charge in [-0.25, -0.2) is 15.0 Å². The van der Waals surface area contributed by atoms with Crippen molar-refractivity contribution in [2.75, 3.05) is 5.32 Å². The number of aromatic nitrogens is 3. The lowest BCUT2D eigenvalue weighted by atomic mass is 10.3. The Kier molecular flexibility index (Phi) is 9.65. The first-order valence-electron chi connectivity index (χ1n) is 8.00. The van der Waals surface area contributed by atoms with Crippen LogP contribution < -0.4 is 5.32 Å². The van der Waals surface area contributed by atoms with Crippen molar-refractivity contribution in [2.24, 2.45) is 0 Å². The van der Waals surface area contributed by atoms with Crippen molar-refractivity contribution in [1.82, 2.24) is 15.0 Å². The van der Waals surface area contributed by atoms with Gasteiger partial charge in [0.1, 0.15) is 22.3 Å². The molecule has 3 heterocycles. The van der Waals surface area contributed by atoms with Crippen molar-refractivity contribution in [2.45, 2.75) is 33.6 Å². The van der Waals surface area contributed by atoms with Crippen LogP contribution in [0.5, 0.6) is 0 Å². The van der Waals surface area contributed by atoms with Gasteiger partial charge in [-0.3, -0.25) is 0 Å². The molecule has 0 aliphatic carbocycles. The number of rotatable bonds is 4. The molecule has 24 heavy (non-hydrogen) atoms. The van der Waals surface area contributed by atoms with E-state index in [0.29, 0.717) is 5.88 Å².